The first-order valence-electron chi connectivity index (χ1n) is 5.20. The first-order chi connectivity index (χ1) is 8.49. The monoisotopic (exact) mass is 287 g/mol. The van der Waals surface area contributed by atoms with E-state index in [2.05, 4.69) is 19.7 Å². The molecule has 0 spiro atoms. The number of anilines is 1. The first-order valence-corrected chi connectivity index (χ1v) is 7.50. The summed E-state index contributed by atoms with van der Waals surface area (Å²) in [6, 6.07) is 0. The number of aryl methyl sites for hydroxylation is 1. The lowest BCUT2D eigenvalue weighted by Crippen LogP contribution is -2.26. The molecule has 9 heteroatoms. The Bertz CT molecular complexity index is 617. The van der Waals surface area contributed by atoms with Crippen LogP contribution in [0, 0.1) is 6.92 Å². The fraction of sp³-hybridized carbons (Fsp3) is 0.333. The summed E-state index contributed by atoms with van der Waals surface area (Å²) in [5.74, 6) is 0.734. The van der Waals surface area contributed by atoms with Gasteiger partial charge in [0.15, 0.2) is 9.34 Å². The lowest BCUT2D eigenvalue weighted by molar-refractivity contribution is 0.582. The number of rotatable bonds is 5. The molecule has 0 fully saturated rings. The topological polar surface area (TPSA) is 114 Å². The molecule has 4 N–H and O–H groups in total. The molecule has 0 bridgehead atoms. The van der Waals surface area contributed by atoms with E-state index < -0.39 is 10.0 Å². The van der Waals surface area contributed by atoms with Crippen LogP contribution in [0.5, 0.6) is 0 Å². The third-order valence-corrected chi connectivity index (χ3v) is 5.28. The Balaban J connectivity index is 2.02. The van der Waals surface area contributed by atoms with Gasteiger partial charge >= 0.3 is 0 Å². The molecule has 0 aromatic carbocycles. The van der Waals surface area contributed by atoms with Gasteiger partial charge in [-0.15, -0.1) is 0 Å². The minimum absolute atomic E-state index is 0.166. The van der Waals surface area contributed by atoms with Crippen LogP contribution in [0.15, 0.2) is 16.6 Å². The Morgan fingerprint density at radius 2 is 2.33 bits per heavy atom. The van der Waals surface area contributed by atoms with Crippen molar-refractivity contribution in [2.75, 3.05) is 12.3 Å². The molecular formula is C9H13N5O2S2. The van der Waals surface area contributed by atoms with Crippen LogP contribution in [-0.4, -0.2) is 29.9 Å². The molecule has 0 saturated heterocycles. The van der Waals surface area contributed by atoms with E-state index in [9.17, 15) is 8.42 Å². The van der Waals surface area contributed by atoms with Crippen molar-refractivity contribution in [1.82, 2.24) is 19.7 Å². The number of nitrogens with two attached hydrogens (primary N) is 1. The Hall–Kier alpha value is -1.45. The molecule has 0 radical (unpaired) electrons. The highest BCUT2D eigenvalue weighted by molar-refractivity contribution is 7.91. The summed E-state index contributed by atoms with van der Waals surface area (Å²) in [5, 5.41) is 0.249. The highest BCUT2D eigenvalue weighted by Crippen LogP contribution is 2.24. The molecule has 0 amide bonds. The molecule has 7 nitrogen and oxygen atoms in total. The number of aromatic nitrogens is 3. The molecule has 2 aromatic rings. The van der Waals surface area contributed by atoms with Crippen LogP contribution in [0.4, 0.5) is 5.13 Å². The number of sulfonamides is 1. The van der Waals surface area contributed by atoms with Crippen LogP contribution in [0.25, 0.3) is 0 Å². The highest BCUT2D eigenvalue weighted by Gasteiger charge is 2.20. The van der Waals surface area contributed by atoms with Gasteiger partial charge in [0, 0.05) is 25.4 Å². The second-order valence-corrected chi connectivity index (χ2v) is 6.60. The van der Waals surface area contributed by atoms with E-state index in [1.54, 1.807) is 19.3 Å². The molecule has 0 atom stereocenters. The molecule has 2 rings (SSSR count). The quantitative estimate of drug-likeness (QED) is 0.730. The zero-order chi connectivity index (χ0) is 13.2. The van der Waals surface area contributed by atoms with Crippen LogP contribution in [0.1, 0.15) is 11.5 Å². The van der Waals surface area contributed by atoms with E-state index >= 15 is 0 Å². The standard InChI is InChI=1S/C9H13N5O2S2/c1-6-8(17-9(10)14-6)18(15,16)13-3-2-7-11-4-5-12-7/h4-5,13H,2-3H2,1H3,(H2,10,14)(H,11,12). The Morgan fingerprint density at radius 1 is 1.56 bits per heavy atom. The maximum Gasteiger partial charge on any atom is 0.252 e. The number of H-pyrrole nitrogens is 1. The van der Waals surface area contributed by atoms with Crippen LogP contribution >= 0.6 is 11.3 Å². The molecule has 0 saturated carbocycles. The van der Waals surface area contributed by atoms with Crippen LogP contribution in [0.2, 0.25) is 0 Å². The van der Waals surface area contributed by atoms with Gasteiger partial charge in [0.25, 0.3) is 10.0 Å². The van der Waals surface area contributed by atoms with E-state index in [0.29, 0.717) is 12.1 Å². The molecule has 0 aliphatic carbocycles. The molecule has 2 heterocycles. The second kappa shape index (κ2) is 5.04. The van der Waals surface area contributed by atoms with Gasteiger partial charge in [0.1, 0.15) is 5.82 Å². The lowest BCUT2D eigenvalue weighted by Gasteiger charge is -2.03. The van der Waals surface area contributed by atoms with Crippen LogP contribution in [-0.2, 0) is 16.4 Å². The number of thiazole rings is 1. The smallest absolute Gasteiger partial charge is 0.252 e. The average molecular weight is 287 g/mol. The summed E-state index contributed by atoms with van der Waals surface area (Å²) < 4.78 is 26.6. The van der Waals surface area contributed by atoms with Crippen LogP contribution < -0.4 is 10.5 Å². The number of nitrogen functional groups attached to an aromatic ring is 1. The zero-order valence-electron chi connectivity index (χ0n) is 9.67. The minimum atomic E-state index is -3.54. The van der Waals surface area contributed by atoms with Gasteiger partial charge in [0.05, 0.1) is 5.69 Å². The molecule has 2 aromatic heterocycles. The number of nitrogens with zero attached hydrogens (tertiary/aromatic N) is 2. The predicted octanol–water partition coefficient (Wildman–Crippen LogP) is 0.278. The van der Waals surface area contributed by atoms with Gasteiger partial charge in [-0.2, -0.15) is 0 Å². The molecular weight excluding hydrogens is 274 g/mol. The predicted molar refractivity (Wildman–Crippen MR) is 68.7 cm³/mol. The van der Waals surface area contributed by atoms with Crippen molar-refractivity contribution in [2.45, 2.75) is 17.6 Å². The normalized spacial score (nSPS) is 11.8. The third kappa shape index (κ3) is 2.86. The maximum atomic E-state index is 12.0. The third-order valence-electron chi connectivity index (χ3n) is 2.22. The van der Waals surface area contributed by atoms with Gasteiger partial charge in [0.2, 0.25) is 0 Å². The number of hydrogen-bond donors (Lipinski definition) is 3. The van der Waals surface area contributed by atoms with E-state index in [1.165, 1.54) is 0 Å². The Morgan fingerprint density at radius 3 is 2.89 bits per heavy atom. The number of nitrogens with one attached hydrogen (secondary N) is 2. The van der Waals surface area contributed by atoms with Gasteiger partial charge in [-0.25, -0.2) is 23.1 Å². The zero-order valence-corrected chi connectivity index (χ0v) is 11.3. The lowest BCUT2D eigenvalue weighted by atomic mass is 10.4. The van der Waals surface area contributed by atoms with Crippen LogP contribution in [0.3, 0.4) is 0 Å². The minimum Gasteiger partial charge on any atom is -0.375 e. The number of hydrogen-bond acceptors (Lipinski definition) is 6. The first kappa shape index (κ1) is 13.0. The molecule has 98 valence electrons. The molecule has 0 aliphatic heterocycles. The second-order valence-electron chi connectivity index (χ2n) is 3.61. The van der Waals surface area contributed by atoms with E-state index in [4.69, 9.17) is 5.73 Å². The molecule has 18 heavy (non-hydrogen) atoms. The van der Waals surface area contributed by atoms with Crippen molar-refractivity contribution in [3.8, 4) is 0 Å². The highest BCUT2D eigenvalue weighted by atomic mass is 32.2. The number of aromatic amines is 1. The summed E-state index contributed by atoms with van der Waals surface area (Å²) in [5.41, 5.74) is 5.90. The van der Waals surface area contributed by atoms with Gasteiger partial charge in [-0.05, 0) is 6.92 Å². The van der Waals surface area contributed by atoms with E-state index in [-0.39, 0.29) is 15.9 Å². The Kier molecular flexibility index (Phi) is 3.64. The summed E-state index contributed by atoms with van der Waals surface area (Å²) in [7, 11) is -3.54. The summed E-state index contributed by atoms with van der Waals surface area (Å²) in [6.07, 6.45) is 3.81. The molecule has 0 aliphatic rings. The van der Waals surface area contributed by atoms with Crippen molar-refractivity contribution < 1.29 is 8.42 Å². The van der Waals surface area contributed by atoms with Crippen molar-refractivity contribution >= 4 is 26.5 Å². The molecule has 0 unspecified atom stereocenters. The van der Waals surface area contributed by atoms with Crippen molar-refractivity contribution in [1.29, 1.82) is 0 Å². The van der Waals surface area contributed by atoms with E-state index in [0.717, 1.165) is 17.2 Å². The largest absolute Gasteiger partial charge is 0.375 e. The summed E-state index contributed by atoms with van der Waals surface area (Å²) in [4.78, 5) is 10.8. The van der Waals surface area contributed by atoms with Crippen molar-refractivity contribution in [3.05, 3.63) is 23.9 Å². The van der Waals surface area contributed by atoms with E-state index in [1.807, 2.05) is 0 Å². The Labute approximate surface area is 109 Å². The fourth-order valence-corrected chi connectivity index (χ4v) is 3.83. The average Bonchev–Trinajstić information content (AvgIpc) is 2.88. The summed E-state index contributed by atoms with van der Waals surface area (Å²) >= 11 is 0.962. The SMILES string of the molecule is Cc1nc(N)sc1S(=O)(=O)NCCc1ncc[nH]1. The number of imidazole rings is 1. The summed E-state index contributed by atoms with van der Waals surface area (Å²) in [6.45, 7) is 1.89. The van der Waals surface area contributed by atoms with Crippen molar-refractivity contribution in [3.63, 3.8) is 0 Å². The van der Waals surface area contributed by atoms with Crippen molar-refractivity contribution in [2.24, 2.45) is 0 Å². The van der Waals surface area contributed by atoms with Gasteiger partial charge in [-0.3, -0.25) is 0 Å². The maximum absolute atomic E-state index is 12.0. The van der Waals surface area contributed by atoms with Gasteiger partial charge in [-0.1, -0.05) is 11.3 Å². The van der Waals surface area contributed by atoms with Gasteiger partial charge < -0.3 is 10.7 Å². The fourth-order valence-electron chi connectivity index (χ4n) is 1.46.